The van der Waals surface area contributed by atoms with Gasteiger partial charge in [0.05, 0.1) is 0 Å². The molecule has 22 heavy (non-hydrogen) atoms. The van der Waals surface area contributed by atoms with E-state index in [0.717, 1.165) is 18.8 Å². The Hall–Kier alpha value is -1.63. The predicted octanol–water partition coefficient (Wildman–Crippen LogP) is 1.42. The van der Waals surface area contributed by atoms with E-state index in [1.165, 1.54) is 0 Å². The van der Waals surface area contributed by atoms with Gasteiger partial charge in [-0.1, -0.05) is 0 Å². The SMILES string of the molecule is CCn1ncnc1CC(N)C1CCN(C(=O)OC(C)(C)C)C1. The summed E-state index contributed by atoms with van der Waals surface area (Å²) < 4.78 is 7.27. The summed E-state index contributed by atoms with van der Waals surface area (Å²) in [5, 5.41) is 4.16. The van der Waals surface area contributed by atoms with E-state index in [2.05, 4.69) is 10.1 Å². The molecule has 0 aliphatic carbocycles. The summed E-state index contributed by atoms with van der Waals surface area (Å²) >= 11 is 0. The van der Waals surface area contributed by atoms with Crippen LogP contribution in [0.25, 0.3) is 0 Å². The van der Waals surface area contributed by atoms with Crippen LogP contribution in [0.5, 0.6) is 0 Å². The summed E-state index contributed by atoms with van der Waals surface area (Å²) in [5.74, 6) is 1.18. The van der Waals surface area contributed by atoms with Gasteiger partial charge in [-0.15, -0.1) is 0 Å². The zero-order valence-electron chi connectivity index (χ0n) is 14.0. The molecule has 1 aromatic rings. The van der Waals surface area contributed by atoms with Crippen molar-refractivity contribution >= 4 is 6.09 Å². The zero-order chi connectivity index (χ0) is 16.3. The van der Waals surface area contributed by atoms with Crippen LogP contribution in [0.4, 0.5) is 4.79 Å². The average Bonchev–Trinajstić information content (AvgIpc) is 3.05. The summed E-state index contributed by atoms with van der Waals surface area (Å²) in [6.07, 6.45) is 2.90. The Bertz CT molecular complexity index is 508. The van der Waals surface area contributed by atoms with Crippen LogP contribution in [0, 0.1) is 5.92 Å². The van der Waals surface area contributed by atoms with Crippen LogP contribution in [0.3, 0.4) is 0 Å². The molecule has 2 unspecified atom stereocenters. The smallest absolute Gasteiger partial charge is 0.410 e. The number of aromatic nitrogens is 3. The fraction of sp³-hybridized carbons (Fsp3) is 0.800. The van der Waals surface area contributed by atoms with Crippen molar-refractivity contribution in [1.29, 1.82) is 0 Å². The number of nitrogens with two attached hydrogens (primary N) is 1. The van der Waals surface area contributed by atoms with Crippen LogP contribution in [-0.2, 0) is 17.7 Å². The van der Waals surface area contributed by atoms with E-state index in [0.29, 0.717) is 19.5 Å². The maximum atomic E-state index is 12.1. The molecule has 2 N–H and O–H groups in total. The molecule has 0 spiro atoms. The minimum Gasteiger partial charge on any atom is -0.444 e. The highest BCUT2D eigenvalue weighted by atomic mass is 16.6. The van der Waals surface area contributed by atoms with E-state index in [1.54, 1.807) is 11.2 Å². The molecule has 2 heterocycles. The zero-order valence-corrected chi connectivity index (χ0v) is 14.0. The molecule has 0 bridgehead atoms. The summed E-state index contributed by atoms with van der Waals surface area (Å²) in [6, 6.07) is -0.0260. The van der Waals surface area contributed by atoms with Crippen molar-refractivity contribution in [3.63, 3.8) is 0 Å². The minimum atomic E-state index is -0.463. The molecule has 1 fully saturated rings. The van der Waals surface area contributed by atoms with Gasteiger partial charge in [-0.3, -0.25) is 4.68 Å². The molecule has 1 saturated heterocycles. The molecule has 0 radical (unpaired) electrons. The van der Waals surface area contributed by atoms with E-state index in [1.807, 2.05) is 32.4 Å². The summed E-state index contributed by atoms with van der Waals surface area (Å²) in [4.78, 5) is 18.1. The first-order chi connectivity index (χ1) is 10.3. The van der Waals surface area contributed by atoms with Gasteiger partial charge in [-0.2, -0.15) is 5.10 Å². The van der Waals surface area contributed by atoms with Gasteiger partial charge in [-0.25, -0.2) is 9.78 Å². The third kappa shape index (κ3) is 4.19. The molecule has 1 aliphatic rings. The lowest BCUT2D eigenvalue weighted by molar-refractivity contribution is 0.0286. The number of rotatable bonds is 4. The van der Waals surface area contributed by atoms with Gasteiger partial charge in [0, 0.05) is 32.1 Å². The number of carbonyl (C=O) groups excluding carboxylic acids is 1. The summed E-state index contributed by atoms with van der Waals surface area (Å²) in [7, 11) is 0. The fourth-order valence-corrected chi connectivity index (χ4v) is 2.72. The third-order valence-corrected chi connectivity index (χ3v) is 3.90. The van der Waals surface area contributed by atoms with E-state index in [4.69, 9.17) is 10.5 Å². The minimum absolute atomic E-state index is 0.0260. The Balaban J connectivity index is 1.88. The van der Waals surface area contributed by atoms with Crippen LogP contribution in [0.15, 0.2) is 6.33 Å². The Morgan fingerprint density at radius 2 is 2.27 bits per heavy atom. The van der Waals surface area contributed by atoms with Crippen molar-refractivity contribution in [2.75, 3.05) is 13.1 Å². The second kappa shape index (κ2) is 6.64. The topological polar surface area (TPSA) is 86.3 Å². The molecule has 1 aromatic heterocycles. The quantitative estimate of drug-likeness (QED) is 0.909. The monoisotopic (exact) mass is 309 g/mol. The predicted molar refractivity (Wildman–Crippen MR) is 83.3 cm³/mol. The van der Waals surface area contributed by atoms with Crippen LogP contribution < -0.4 is 5.73 Å². The molecule has 7 heteroatoms. The van der Waals surface area contributed by atoms with E-state index < -0.39 is 5.60 Å². The Morgan fingerprint density at radius 1 is 1.55 bits per heavy atom. The van der Waals surface area contributed by atoms with Crippen LogP contribution in [0.2, 0.25) is 0 Å². The van der Waals surface area contributed by atoms with Crippen molar-refractivity contribution in [1.82, 2.24) is 19.7 Å². The van der Waals surface area contributed by atoms with E-state index >= 15 is 0 Å². The van der Waals surface area contributed by atoms with Crippen LogP contribution >= 0.6 is 0 Å². The van der Waals surface area contributed by atoms with E-state index in [9.17, 15) is 4.79 Å². The first-order valence-electron chi connectivity index (χ1n) is 7.90. The lowest BCUT2D eigenvalue weighted by Gasteiger charge is -2.25. The number of ether oxygens (including phenoxy) is 1. The largest absolute Gasteiger partial charge is 0.444 e. The second-order valence-corrected chi connectivity index (χ2v) is 6.84. The van der Waals surface area contributed by atoms with Gasteiger partial charge in [0.15, 0.2) is 0 Å². The number of hydrogen-bond donors (Lipinski definition) is 1. The molecule has 1 aliphatic heterocycles. The molecular weight excluding hydrogens is 282 g/mol. The molecule has 0 saturated carbocycles. The Morgan fingerprint density at radius 3 is 2.91 bits per heavy atom. The summed E-state index contributed by atoms with van der Waals surface area (Å²) in [6.45, 7) is 9.80. The molecular formula is C15H27N5O2. The molecule has 1 amide bonds. The highest BCUT2D eigenvalue weighted by Crippen LogP contribution is 2.22. The maximum Gasteiger partial charge on any atom is 0.410 e. The van der Waals surface area contributed by atoms with Crippen LogP contribution in [0.1, 0.15) is 39.9 Å². The highest BCUT2D eigenvalue weighted by molar-refractivity contribution is 5.68. The first-order valence-corrected chi connectivity index (χ1v) is 7.90. The van der Waals surface area contributed by atoms with Crippen molar-refractivity contribution in [3.05, 3.63) is 12.2 Å². The fourth-order valence-electron chi connectivity index (χ4n) is 2.72. The van der Waals surface area contributed by atoms with Crippen molar-refractivity contribution < 1.29 is 9.53 Å². The normalized spacial score (nSPS) is 20.2. The molecule has 124 valence electrons. The van der Waals surface area contributed by atoms with Gasteiger partial charge in [0.25, 0.3) is 0 Å². The number of carbonyl (C=O) groups is 1. The molecule has 2 rings (SSSR count). The third-order valence-electron chi connectivity index (χ3n) is 3.90. The van der Waals surface area contributed by atoms with Gasteiger partial charge < -0.3 is 15.4 Å². The van der Waals surface area contributed by atoms with Gasteiger partial charge in [0.2, 0.25) is 0 Å². The number of nitrogens with zero attached hydrogens (tertiary/aromatic N) is 4. The molecule has 2 atom stereocenters. The number of likely N-dealkylation sites (tertiary alicyclic amines) is 1. The van der Waals surface area contributed by atoms with Crippen molar-refractivity contribution in [3.8, 4) is 0 Å². The Kier molecular flexibility index (Phi) is 5.05. The summed E-state index contributed by atoms with van der Waals surface area (Å²) in [5.41, 5.74) is 5.86. The van der Waals surface area contributed by atoms with Crippen molar-refractivity contribution in [2.24, 2.45) is 11.7 Å². The second-order valence-electron chi connectivity index (χ2n) is 6.84. The lowest BCUT2D eigenvalue weighted by atomic mass is 9.97. The number of aryl methyl sites for hydroxylation is 1. The van der Waals surface area contributed by atoms with Crippen molar-refractivity contribution in [2.45, 2.75) is 58.7 Å². The first kappa shape index (κ1) is 16.7. The average molecular weight is 309 g/mol. The van der Waals surface area contributed by atoms with Gasteiger partial charge in [-0.05, 0) is 40.0 Å². The maximum absolute atomic E-state index is 12.1. The highest BCUT2D eigenvalue weighted by Gasteiger charge is 2.33. The number of hydrogen-bond acceptors (Lipinski definition) is 5. The Labute approximate surface area is 131 Å². The van der Waals surface area contributed by atoms with E-state index in [-0.39, 0.29) is 18.1 Å². The van der Waals surface area contributed by atoms with Crippen LogP contribution in [-0.4, -0.2) is 50.5 Å². The molecule has 0 aromatic carbocycles. The van der Waals surface area contributed by atoms with Gasteiger partial charge >= 0.3 is 6.09 Å². The lowest BCUT2D eigenvalue weighted by Crippen LogP contribution is -2.38. The van der Waals surface area contributed by atoms with Gasteiger partial charge in [0.1, 0.15) is 17.8 Å². The number of amides is 1. The molecule has 7 nitrogen and oxygen atoms in total. The standard InChI is InChI=1S/C15H27N5O2/c1-5-20-13(17-10-18-20)8-12(16)11-6-7-19(9-11)14(21)22-15(2,3)4/h10-12H,5-9,16H2,1-4H3.